The van der Waals surface area contributed by atoms with Gasteiger partial charge in [0.05, 0.1) is 31.1 Å². The average Bonchev–Trinajstić information content (AvgIpc) is 3.03. The van der Waals surface area contributed by atoms with Crippen molar-refractivity contribution >= 4 is 23.2 Å². The monoisotopic (exact) mass is 389 g/mol. The van der Waals surface area contributed by atoms with Gasteiger partial charge in [-0.05, 0) is 19.1 Å². The van der Waals surface area contributed by atoms with E-state index < -0.39 is 10.9 Å². The Hall–Kier alpha value is -1.87. The minimum absolute atomic E-state index is 0.0402. The largest absolute Gasteiger partial charge is 0.379 e. The van der Waals surface area contributed by atoms with Gasteiger partial charge in [-0.3, -0.25) is 4.84 Å². The van der Waals surface area contributed by atoms with Gasteiger partial charge in [-0.2, -0.15) is 0 Å². The summed E-state index contributed by atoms with van der Waals surface area (Å²) in [7, 11) is 0. The second-order valence-electron chi connectivity index (χ2n) is 4.97. The van der Waals surface area contributed by atoms with Gasteiger partial charge in [0.15, 0.2) is 0 Å². The zero-order chi connectivity index (χ0) is 18.3. The van der Waals surface area contributed by atoms with Crippen LogP contribution in [0.5, 0.6) is 0 Å². The van der Waals surface area contributed by atoms with Gasteiger partial charge in [0, 0.05) is 29.6 Å². The van der Waals surface area contributed by atoms with Crippen molar-refractivity contribution < 1.29 is 19.4 Å². The third kappa shape index (κ3) is 5.30. The van der Waals surface area contributed by atoms with E-state index in [1.807, 2.05) is 6.92 Å². The van der Waals surface area contributed by atoms with Crippen molar-refractivity contribution in [3.63, 3.8) is 0 Å². The van der Waals surface area contributed by atoms with Crippen LogP contribution in [-0.2, 0) is 26.6 Å². The van der Waals surface area contributed by atoms with Crippen LogP contribution in [0.25, 0.3) is 0 Å². The first-order valence-electron chi connectivity index (χ1n) is 7.43. The molecule has 1 unspecified atom stereocenters. The lowest BCUT2D eigenvalue weighted by atomic mass is 10.1. The molecule has 0 fully saturated rings. The molecule has 0 N–H and O–H groups in total. The lowest BCUT2D eigenvalue weighted by Crippen LogP contribution is -2.40. The normalized spacial score (nSPS) is 13.4. The van der Waals surface area contributed by atoms with Crippen molar-refractivity contribution in [3.8, 4) is 0 Å². The van der Waals surface area contributed by atoms with Gasteiger partial charge >= 0.3 is 0 Å². The fraction of sp³-hybridized carbons (Fsp3) is 0.400. The quantitative estimate of drug-likeness (QED) is 0.268. The predicted octanol–water partition coefficient (Wildman–Crippen LogP) is 3.30. The summed E-state index contributed by atoms with van der Waals surface area (Å²) in [6, 6.07) is 4.56. The number of ether oxygens (including phenoxy) is 2. The maximum atomic E-state index is 11.2. The van der Waals surface area contributed by atoms with Crippen LogP contribution in [0.3, 0.4) is 0 Å². The summed E-state index contributed by atoms with van der Waals surface area (Å²) < 4.78 is 12.6. The Labute approximate surface area is 154 Å². The van der Waals surface area contributed by atoms with Crippen LogP contribution in [-0.4, -0.2) is 34.5 Å². The van der Waals surface area contributed by atoms with Crippen molar-refractivity contribution in [3.05, 3.63) is 62.6 Å². The fourth-order valence-corrected chi connectivity index (χ4v) is 2.81. The van der Waals surface area contributed by atoms with Crippen molar-refractivity contribution in [1.29, 1.82) is 0 Å². The van der Waals surface area contributed by atoms with E-state index in [4.69, 9.17) is 37.5 Å². The lowest BCUT2D eigenvalue weighted by Gasteiger charge is -2.32. The maximum Gasteiger partial charge on any atom is 0.297 e. The molecular weight excluding hydrogens is 373 g/mol. The van der Waals surface area contributed by atoms with Crippen LogP contribution in [0, 0.1) is 10.1 Å². The summed E-state index contributed by atoms with van der Waals surface area (Å²) in [6.07, 6.45) is 4.67. The molecule has 0 aliphatic heterocycles. The van der Waals surface area contributed by atoms with E-state index in [1.54, 1.807) is 23.0 Å². The molecule has 0 saturated carbocycles. The van der Waals surface area contributed by atoms with Crippen molar-refractivity contribution in [2.24, 2.45) is 0 Å². The first-order chi connectivity index (χ1) is 12.0. The Balaban J connectivity index is 2.42. The highest BCUT2D eigenvalue weighted by molar-refractivity contribution is 6.35. The second-order valence-corrected chi connectivity index (χ2v) is 5.82. The first-order valence-corrected chi connectivity index (χ1v) is 8.19. The Morgan fingerprint density at radius 2 is 2.16 bits per heavy atom. The molecule has 0 aliphatic carbocycles. The molecule has 1 atom stereocenters. The second kappa shape index (κ2) is 9.00. The lowest BCUT2D eigenvalue weighted by molar-refractivity contribution is -0.802. The molecule has 0 spiro atoms. The topological polar surface area (TPSA) is 88.7 Å². The molecule has 0 amide bonds. The average molecular weight is 390 g/mol. The van der Waals surface area contributed by atoms with Crippen molar-refractivity contribution in [2.45, 2.75) is 19.3 Å². The molecule has 2 aromatic rings. The van der Waals surface area contributed by atoms with Gasteiger partial charge in [-0.1, -0.05) is 29.3 Å². The predicted molar refractivity (Wildman–Crippen MR) is 90.9 cm³/mol. The number of hydrogen-bond donors (Lipinski definition) is 0. The highest BCUT2D eigenvalue weighted by Crippen LogP contribution is 2.36. The summed E-state index contributed by atoms with van der Waals surface area (Å²) in [5.74, 6) is -1.77. The highest BCUT2D eigenvalue weighted by atomic mass is 35.5. The Bertz CT molecular complexity index is 698. The van der Waals surface area contributed by atoms with Gasteiger partial charge in [0.25, 0.3) is 10.9 Å². The number of aromatic nitrogens is 2. The van der Waals surface area contributed by atoms with Crippen LogP contribution in [0.4, 0.5) is 0 Å². The summed E-state index contributed by atoms with van der Waals surface area (Å²) in [5.41, 5.74) is 0.278. The third-order valence-corrected chi connectivity index (χ3v) is 3.83. The van der Waals surface area contributed by atoms with E-state index in [2.05, 4.69) is 4.98 Å². The highest BCUT2D eigenvalue weighted by Gasteiger charge is 2.40. The summed E-state index contributed by atoms with van der Waals surface area (Å²) in [4.78, 5) is 20.1. The minimum Gasteiger partial charge on any atom is -0.379 e. The summed E-state index contributed by atoms with van der Waals surface area (Å²) in [5, 5.41) is 10.8. The summed E-state index contributed by atoms with van der Waals surface area (Å²) in [6.45, 7) is 2.60. The van der Waals surface area contributed by atoms with E-state index in [0.717, 1.165) is 0 Å². The van der Waals surface area contributed by atoms with E-state index in [0.29, 0.717) is 11.6 Å². The van der Waals surface area contributed by atoms with Crippen LogP contribution in [0.2, 0.25) is 10.0 Å². The molecule has 1 aromatic carbocycles. The van der Waals surface area contributed by atoms with E-state index in [1.165, 1.54) is 18.5 Å². The molecule has 0 radical (unpaired) electrons. The molecule has 0 bridgehead atoms. The standard InChI is InChI=1S/C15H17Cl2N3O5/c1-2-23-7-8-24-15(25-20(21)22,10-19-6-5-18-11-19)13-4-3-12(16)9-14(13)17/h3-6,9,11H,2,7-8,10H2,1H3. The van der Waals surface area contributed by atoms with Gasteiger partial charge in [-0.25, -0.2) is 4.98 Å². The van der Waals surface area contributed by atoms with Gasteiger partial charge < -0.3 is 14.0 Å². The minimum atomic E-state index is -1.77. The van der Waals surface area contributed by atoms with Crippen molar-refractivity contribution in [1.82, 2.24) is 9.55 Å². The van der Waals surface area contributed by atoms with Gasteiger partial charge in [-0.15, -0.1) is 10.1 Å². The first kappa shape index (κ1) is 19.5. The molecule has 1 aromatic heterocycles. The molecule has 1 heterocycles. The van der Waals surface area contributed by atoms with Crippen LogP contribution in [0.15, 0.2) is 36.9 Å². The molecule has 136 valence electrons. The SMILES string of the molecule is CCOCCOC(Cn1ccnc1)(O[N+](=O)[O-])c1ccc(Cl)cc1Cl. The number of hydrogen-bond acceptors (Lipinski definition) is 6. The number of imidazole rings is 1. The zero-order valence-corrected chi connectivity index (χ0v) is 14.9. The maximum absolute atomic E-state index is 11.2. The van der Waals surface area contributed by atoms with Crippen LogP contribution in [0.1, 0.15) is 12.5 Å². The van der Waals surface area contributed by atoms with E-state index >= 15 is 0 Å². The Morgan fingerprint density at radius 3 is 2.76 bits per heavy atom. The number of benzene rings is 1. The molecule has 10 heteroatoms. The smallest absolute Gasteiger partial charge is 0.297 e. The molecule has 0 aliphatic rings. The van der Waals surface area contributed by atoms with Gasteiger partial charge in [0.1, 0.15) is 0 Å². The molecular formula is C15H17Cl2N3O5. The Morgan fingerprint density at radius 1 is 1.36 bits per heavy atom. The molecule has 25 heavy (non-hydrogen) atoms. The van der Waals surface area contributed by atoms with Gasteiger partial charge in [0.2, 0.25) is 0 Å². The van der Waals surface area contributed by atoms with Crippen molar-refractivity contribution in [2.75, 3.05) is 19.8 Å². The van der Waals surface area contributed by atoms with Crippen LogP contribution >= 0.6 is 23.2 Å². The number of rotatable bonds is 10. The van der Waals surface area contributed by atoms with E-state index in [-0.39, 0.29) is 30.3 Å². The molecule has 0 saturated heterocycles. The Kier molecular flexibility index (Phi) is 7.01. The molecule has 2 rings (SSSR count). The number of nitrogens with zero attached hydrogens (tertiary/aromatic N) is 3. The zero-order valence-electron chi connectivity index (χ0n) is 13.4. The number of halogens is 2. The fourth-order valence-electron chi connectivity index (χ4n) is 2.26. The molecule has 8 nitrogen and oxygen atoms in total. The summed E-state index contributed by atoms with van der Waals surface area (Å²) >= 11 is 12.2. The third-order valence-electron chi connectivity index (χ3n) is 3.28. The van der Waals surface area contributed by atoms with E-state index in [9.17, 15) is 10.1 Å². The van der Waals surface area contributed by atoms with Crippen LogP contribution < -0.4 is 0 Å².